The lowest BCUT2D eigenvalue weighted by atomic mass is 10.1. The number of carboxylic acid groups (broad SMARTS) is 1. The van der Waals surface area contributed by atoms with Gasteiger partial charge >= 0.3 is 5.97 Å². The molecule has 1 aliphatic heterocycles. The van der Waals surface area contributed by atoms with Crippen LogP contribution in [0, 0.1) is 0 Å². The van der Waals surface area contributed by atoms with Crippen LogP contribution >= 0.6 is 15.9 Å². The van der Waals surface area contributed by atoms with E-state index in [1.165, 1.54) is 0 Å². The average Bonchev–Trinajstić information content (AvgIpc) is 2.51. The van der Waals surface area contributed by atoms with Gasteiger partial charge in [0.15, 0.2) is 0 Å². The van der Waals surface area contributed by atoms with Crippen molar-refractivity contribution in [3.8, 4) is 0 Å². The summed E-state index contributed by atoms with van der Waals surface area (Å²) in [5.74, 6) is -0.734. The Hall–Kier alpha value is -1.07. The van der Waals surface area contributed by atoms with E-state index in [9.17, 15) is 4.79 Å². The molecule has 1 aromatic rings. The van der Waals surface area contributed by atoms with Crippen LogP contribution in [0.25, 0.3) is 0 Å². The normalized spacial score (nSPS) is 21.2. The molecule has 1 atom stereocenters. The number of carbonyl (C=O) groups is 1. The minimum atomic E-state index is -0.734. The lowest BCUT2D eigenvalue weighted by Gasteiger charge is -2.32. The third-order valence-corrected chi connectivity index (χ3v) is 4.00. The van der Waals surface area contributed by atoms with Crippen molar-refractivity contribution >= 4 is 27.6 Å². The molecule has 2 rings (SSSR count). The molecule has 1 heterocycles. The second-order valence-electron chi connectivity index (χ2n) is 5.04. The Bertz CT molecular complexity index is 436. The van der Waals surface area contributed by atoms with Crippen molar-refractivity contribution in [1.29, 1.82) is 0 Å². The number of hydrogen-bond donors (Lipinski definition) is 1. The SMILES string of the molecule is CN1CCCN(c2ccc(Br)cc2)C(CC(=O)O)C1. The summed E-state index contributed by atoms with van der Waals surface area (Å²) in [6.07, 6.45) is 1.24. The molecular weight excluding hydrogens is 308 g/mol. The van der Waals surface area contributed by atoms with Gasteiger partial charge in [-0.05, 0) is 44.3 Å². The summed E-state index contributed by atoms with van der Waals surface area (Å²) >= 11 is 3.43. The highest BCUT2D eigenvalue weighted by molar-refractivity contribution is 9.10. The van der Waals surface area contributed by atoms with Gasteiger partial charge in [0.25, 0.3) is 0 Å². The summed E-state index contributed by atoms with van der Waals surface area (Å²) < 4.78 is 1.04. The van der Waals surface area contributed by atoms with Crippen LogP contribution in [-0.4, -0.2) is 48.7 Å². The van der Waals surface area contributed by atoms with Gasteiger partial charge in [-0.2, -0.15) is 0 Å². The fourth-order valence-electron chi connectivity index (χ4n) is 2.59. The Labute approximate surface area is 122 Å². The first-order chi connectivity index (χ1) is 9.06. The van der Waals surface area contributed by atoms with Crippen LogP contribution < -0.4 is 4.90 Å². The Morgan fingerprint density at radius 1 is 1.37 bits per heavy atom. The first-order valence-electron chi connectivity index (χ1n) is 6.49. The first kappa shape index (κ1) is 14.3. The van der Waals surface area contributed by atoms with Crippen molar-refractivity contribution in [2.24, 2.45) is 0 Å². The van der Waals surface area contributed by atoms with Crippen LogP contribution in [0.2, 0.25) is 0 Å². The van der Waals surface area contributed by atoms with Crippen LogP contribution in [0.1, 0.15) is 12.8 Å². The van der Waals surface area contributed by atoms with Crippen LogP contribution in [0.5, 0.6) is 0 Å². The molecule has 0 bridgehead atoms. The molecule has 1 aromatic carbocycles. The zero-order valence-electron chi connectivity index (χ0n) is 11.1. The third kappa shape index (κ3) is 3.94. The van der Waals surface area contributed by atoms with Crippen molar-refractivity contribution in [3.63, 3.8) is 0 Å². The van der Waals surface area contributed by atoms with E-state index in [-0.39, 0.29) is 12.5 Å². The molecule has 1 saturated heterocycles. The van der Waals surface area contributed by atoms with E-state index >= 15 is 0 Å². The quantitative estimate of drug-likeness (QED) is 0.926. The predicted octanol–water partition coefficient (Wildman–Crippen LogP) is 2.43. The molecular formula is C14H19BrN2O2. The van der Waals surface area contributed by atoms with E-state index in [1.54, 1.807) is 0 Å². The monoisotopic (exact) mass is 326 g/mol. The Kier molecular flexibility index (Phi) is 4.82. The van der Waals surface area contributed by atoms with Gasteiger partial charge < -0.3 is 14.9 Å². The number of nitrogens with zero attached hydrogens (tertiary/aromatic N) is 2. The number of halogens is 1. The van der Waals surface area contributed by atoms with E-state index in [2.05, 4.69) is 32.8 Å². The second-order valence-corrected chi connectivity index (χ2v) is 5.95. The molecule has 1 unspecified atom stereocenters. The summed E-state index contributed by atoms with van der Waals surface area (Å²) in [6, 6.07) is 8.13. The molecule has 1 fully saturated rings. The maximum absolute atomic E-state index is 11.1. The number of hydrogen-bond acceptors (Lipinski definition) is 3. The van der Waals surface area contributed by atoms with Gasteiger partial charge in [0.1, 0.15) is 0 Å². The summed E-state index contributed by atoms with van der Waals surface area (Å²) in [5.41, 5.74) is 1.10. The van der Waals surface area contributed by atoms with Gasteiger partial charge in [0, 0.05) is 23.2 Å². The van der Waals surface area contributed by atoms with Crippen molar-refractivity contribution in [3.05, 3.63) is 28.7 Å². The number of carboxylic acids is 1. The summed E-state index contributed by atoms with van der Waals surface area (Å²) in [7, 11) is 2.06. The maximum Gasteiger partial charge on any atom is 0.305 e. The summed E-state index contributed by atoms with van der Waals surface area (Å²) in [5, 5.41) is 9.10. The molecule has 5 heteroatoms. The van der Waals surface area contributed by atoms with E-state index < -0.39 is 5.97 Å². The Balaban J connectivity index is 2.22. The van der Waals surface area contributed by atoms with Gasteiger partial charge in [-0.25, -0.2) is 0 Å². The number of anilines is 1. The fourth-order valence-corrected chi connectivity index (χ4v) is 2.86. The highest BCUT2D eigenvalue weighted by atomic mass is 79.9. The third-order valence-electron chi connectivity index (χ3n) is 3.47. The molecule has 0 amide bonds. The number of aliphatic carboxylic acids is 1. The van der Waals surface area contributed by atoms with Gasteiger partial charge in [0.2, 0.25) is 0 Å². The number of benzene rings is 1. The highest BCUT2D eigenvalue weighted by Crippen LogP contribution is 2.24. The molecule has 0 saturated carbocycles. The molecule has 1 N–H and O–H groups in total. The van der Waals surface area contributed by atoms with Gasteiger partial charge in [-0.3, -0.25) is 4.79 Å². The predicted molar refractivity (Wildman–Crippen MR) is 79.6 cm³/mol. The number of rotatable bonds is 3. The van der Waals surface area contributed by atoms with E-state index in [4.69, 9.17) is 5.11 Å². The van der Waals surface area contributed by atoms with Crippen LogP contribution in [0.4, 0.5) is 5.69 Å². The second kappa shape index (κ2) is 6.39. The summed E-state index contributed by atoms with van der Waals surface area (Å²) in [6.45, 7) is 2.72. The first-order valence-corrected chi connectivity index (χ1v) is 7.28. The molecule has 0 radical (unpaired) electrons. The van der Waals surface area contributed by atoms with Gasteiger partial charge in [0.05, 0.1) is 12.5 Å². The standard InChI is InChI=1S/C14H19BrN2O2/c1-16-7-2-8-17(13(10-16)9-14(18)19)12-5-3-11(15)4-6-12/h3-6,13H,2,7-10H2,1H3,(H,18,19). The maximum atomic E-state index is 11.1. The lowest BCUT2D eigenvalue weighted by molar-refractivity contribution is -0.137. The molecule has 0 spiro atoms. The topological polar surface area (TPSA) is 43.8 Å². The largest absolute Gasteiger partial charge is 0.481 e. The summed E-state index contributed by atoms with van der Waals surface area (Å²) in [4.78, 5) is 15.5. The minimum absolute atomic E-state index is 0.0335. The smallest absolute Gasteiger partial charge is 0.305 e. The fraction of sp³-hybridized carbons (Fsp3) is 0.500. The lowest BCUT2D eigenvalue weighted by Crippen LogP contribution is -2.41. The zero-order valence-corrected chi connectivity index (χ0v) is 12.6. The number of likely N-dealkylation sites (N-methyl/N-ethyl adjacent to an activating group) is 1. The van der Waals surface area contributed by atoms with Gasteiger partial charge in [-0.15, -0.1) is 0 Å². The molecule has 104 valence electrons. The van der Waals surface area contributed by atoms with Crippen molar-refractivity contribution < 1.29 is 9.90 Å². The molecule has 4 nitrogen and oxygen atoms in total. The van der Waals surface area contributed by atoms with Crippen molar-refractivity contribution in [2.45, 2.75) is 18.9 Å². The average molecular weight is 327 g/mol. The Morgan fingerprint density at radius 2 is 2.05 bits per heavy atom. The molecule has 1 aliphatic rings. The van der Waals surface area contributed by atoms with Crippen LogP contribution in [-0.2, 0) is 4.79 Å². The molecule has 19 heavy (non-hydrogen) atoms. The Morgan fingerprint density at radius 3 is 2.68 bits per heavy atom. The van der Waals surface area contributed by atoms with E-state index in [1.807, 2.05) is 24.3 Å². The van der Waals surface area contributed by atoms with Crippen LogP contribution in [0.15, 0.2) is 28.7 Å². The van der Waals surface area contributed by atoms with Gasteiger partial charge in [-0.1, -0.05) is 15.9 Å². The van der Waals surface area contributed by atoms with E-state index in [0.29, 0.717) is 0 Å². The van der Waals surface area contributed by atoms with Crippen LogP contribution in [0.3, 0.4) is 0 Å². The van der Waals surface area contributed by atoms with Crippen molar-refractivity contribution in [2.75, 3.05) is 31.6 Å². The minimum Gasteiger partial charge on any atom is -0.481 e. The van der Waals surface area contributed by atoms with Crippen molar-refractivity contribution in [1.82, 2.24) is 4.90 Å². The molecule has 0 aliphatic carbocycles. The molecule has 0 aromatic heterocycles. The zero-order chi connectivity index (χ0) is 13.8. The highest BCUT2D eigenvalue weighted by Gasteiger charge is 2.25. The van der Waals surface area contributed by atoms with E-state index in [0.717, 1.165) is 36.2 Å².